The maximum atomic E-state index is 11.1. The van der Waals surface area contributed by atoms with Crippen LogP contribution in [0.25, 0.3) is 4.96 Å². The van der Waals surface area contributed by atoms with Gasteiger partial charge in [0.1, 0.15) is 11.1 Å². The number of ether oxygens (including phenoxy) is 1. The molecule has 1 fully saturated rings. The van der Waals surface area contributed by atoms with Crippen LogP contribution < -0.4 is 0 Å². The van der Waals surface area contributed by atoms with Gasteiger partial charge >= 0.3 is 5.97 Å². The van der Waals surface area contributed by atoms with E-state index in [-0.39, 0.29) is 12.0 Å². The summed E-state index contributed by atoms with van der Waals surface area (Å²) in [5.41, 5.74) is 0. The molecule has 0 spiro atoms. The molecule has 8 heteroatoms. The normalized spacial score (nSPS) is 22.2. The van der Waals surface area contributed by atoms with Crippen molar-refractivity contribution >= 4 is 22.3 Å². The number of carboxylic acids is 1. The lowest BCUT2D eigenvalue weighted by Crippen LogP contribution is -2.17. The van der Waals surface area contributed by atoms with E-state index in [0.717, 1.165) is 30.3 Å². The quantitative estimate of drug-likeness (QED) is 0.926. The highest BCUT2D eigenvalue weighted by Gasteiger charge is 2.28. The molecule has 7 nitrogen and oxygen atoms in total. The zero-order valence-corrected chi connectivity index (χ0v) is 12.1. The summed E-state index contributed by atoms with van der Waals surface area (Å²) < 4.78 is 7.30. The summed E-state index contributed by atoms with van der Waals surface area (Å²) in [6.07, 6.45) is 1.89. The van der Waals surface area contributed by atoms with E-state index < -0.39 is 11.9 Å². The van der Waals surface area contributed by atoms with Crippen molar-refractivity contribution in [3.05, 3.63) is 10.8 Å². The van der Waals surface area contributed by atoms with E-state index in [4.69, 9.17) is 9.84 Å². The standard InChI is InChI=1S/C12H16N4O3S/c1-6(7(2)11(17)18)10-15-16-9(8-4-3-5-19-8)13-14-12(16)20-10/h6-8H,3-5H2,1-2H3,(H,17,18). The first kappa shape index (κ1) is 13.4. The maximum absolute atomic E-state index is 11.1. The van der Waals surface area contributed by atoms with Gasteiger partial charge < -0.3 is 9.84 Å². The van der Waals surface area contributed by atoms with Crippen LogP contribution in [0.1, 0.15) is 49.5 Å². The number of carbonyl (C=O) groups is 1. The van der Waals surface area contributed by atoms with Gasteiger partial charge in [0.15, 0.2) is 5.82 Å². The molecule has 3 heterocycles. The minimum atomic E-state index is -0.817. The van der Waals surface area contributed by atoms with Crippen LogP contribution in [0.4, 0.5) is 0 Å². The lowest BCUT2D eigenvalue weighted by atomic mass is 9.97. The molecule has 0 radical (unpaired) electrons. The highest BCUT2D eigenvalue weighted by Crippen LogP contribution is 2.31. The van der Waals surface area contributed by atoms with Crippen LogP contribution in [0.15, 0.2) is 0 Å². The van der Waals surface area contributed by atoms with Crippen molar-refractivity contribution in [2.75, 3.05) is 6.61 Å². The summed E-state index contributed by atoms with van der Waals surface area (Å²) in [6.45, 7) is 4.30. The Balaban J connectivity index is 1.93. The van der Waals surface area contributed by atoms with Gasteiger partial charge in [-0.3, -0.25) is 4.79 Å². The highest BCUT2D eigenvalue weighted by atomic mass is 32.1. The molecule has 0 aliphatic carbocycles. The van der Waals surface area contributed by atoms with E-state index in [9.17, 15) is 4.79 Å². The second-order valence-corrected chi connectivity index (χ2v) is 6.10. The first-order chi connectivity index (χ1) is 9.58. The van der Waals surface area contributed by atoms with Crippen molar-refractivity contribution in [1.29, 1.82) is 0 Å². The number of rotatable bonds is 4. The Morgan fingerprint density at radius 3 is 2.95 bits per heavy atom. The Hall–Kier alpha value is -1.54. The molecule has 1 aliphatic heterocycles. The van der Waals surface area contributed by atoms with E-state index >= 15 is 0 Å². The number of carboxylic acid groups (broad SMARTS) is 1. The number of aliphatic carboxylic acids is 1. The molecule has 20 heavy (non-hydrogen) atoms. The molecule has 1 aliphatic rings. The molecule has 1 N–H and O–H groups in total. The largest absolute Gasteiger partial charge is 0.481 e. The van der Waals surface area contributed by atoms with Gasteiger partial charge in [0.2, 0.25) is 4.96 Å². The molecule has 2 aromatic heterocycles. The van der Waals surface area contributed by atoms with Crippen LogP contribution in [0.2, 0.25) is 0 Å². The third-order valence-corrected chi connectivity index (χ3v) is 4.88. The van der Waals surface area contributed by atoms with E-state index in [1.54, 1.807) is 11.4 Å². The molecule has 0 amide bonds. The fraction of sp³-hybridized carbons (Fsp3) is 0.667. The topological polar surface area (TPSA) is 89.6 Å². The minimum Gasteiger partial charge on any atom is -0.481 e. The third-order valence-electron chi connectivity index (χ3n) is 3.78. The summed E-state index contributed by atoms with van der Waals surface area (Å²) >= 11 is 1.39. The summed E-state index contributed by atoms with van der Waals surface area (Å²) in [4.78, 5) is 11.8. The SMILES string of the molecule is CC(C(=O)O)C(C)c1nn2c(C3CCCO3)nnc2s1. The number of hydrogen-bond donors (Lipinski definition) is 1. The second-order valence-electron chi connectivity index (χ2n) is 5.11. The van der Waals surface area contributed by atoms with E-state index in [0.29, 0.717) is 4.96 Å². The minimum absolute atomic E-state index is 0.0489. The highest BCUT2D eigenvalue weighted by molar-refractivity contribution is 7.16. The van der Waals surface area contributed by atoms with Crippen LogP contribution in [0.3, 0.4) is 0 Å². The lowest BCUT2D eigenvalue weighted by Gasteiger charge is -2.12. The molecule has 108 valence electrons. The average Bonchev–Trinajstić information content (AvgIpc) is 3.11. The molecule has 3 unspecified atom stereocenters. The first-order valence-electron chi connectivity index (χ1n) is 6.64. The number of aromatic nitrogens is 4. The maximum Gasteiger partial charge on any atom is 0.306 e. The Morgan fingerprint density at radius 2 is 2.30 bits per heavy atom. The Kier molecular flexibility index (Phi) is 3.43. The lowest BCUT2D eigenvalue weighted by molar-refractivity contribution is -0.141. The van der Waals surface area contributed by atoms with Crippen molar-refractivity contribution in [1.82, 2.24) is 19.8 Å². The zero-order chi connectivity index (χ0) is 14.3. The Labute approximate surface area is 119 Å². The zero-order valence-electron chi connectivity index (χ0n) is 11.3. The Bertz CT molecular complexity index is 632. The van der Waals surface area contributed by atoms with Gasteiger partial charge in [-0.05, 0) is 12.8 Å². The number of hydrogen-bond acceptors (Lipinski definition) is 6. The smallest absolute Gasteiger partial charge is 0.306 e. The molecular formula is C12H16N4O3S. The van der Waals surface area contributed by atoms with Crippen molar-refractivity contribution in [2.45, 2.75) is 38.7 Å². The van der Waals surface area contributed by atoms with Crippen molar-refractivity contribution in [3.63, 3.8) is 0 Å². The van der Waals surface area contributed by atoms with Gasteiger partial charge in [-0.1, -0.05) is 25.2 Å². The van der Waals surface area contributed by atoms with Crippen LogP contribution in [0, 0.1) is 5.92 Å². The molecule has 3 rings (SSSR count). The van der Waals surface area contributed by atoms with Gasteiger partial charge in [0.05, 0.1) is 5.92 Å². The molecule has 0 aromatic carbocycles. The summed E-state index contributed by atoms with van der Waals surface area (Å²) in [5, 5.41) is 22.6. The van der Waals surface area contributed by atoms with Gasteiger partial charge in [-0.25, -0.2) is 0 Å². The van der Waals surface area contributed by atoms with Gasteiger partial charge in [-0.2, -0.15) is 9.61 Å². The van der Waals surface area contributed by atoms with E-state index in [1.165, 1.54) is 11.3 Å². The Morgan fingerprint density at radius 1 is 1.50 bits per heavy atom. The molecule has 0 saturated carbocycles. The van der Waals surface area contributed by atoms with Crippen molar-refractivity contribution in [2.24, 2.45) is 5.92 Å². The molecule has 2 aromatic rings. The van der Waals surface area contributed by atoms with Gasteiger partial charge in [0.25, 0.3) is 0 Å². The number of fused-ring (bicyclic) bond motifs is 1. The molecular weight excluding hydrogens is 280 g/mol. The van der Waals surface area contributed by atoms with Crippen LogP contribution in [0.5, 0.6) is 0 Å². The fourth-order valence-electron chi connectivity index (χ4n) is 2.24. The monoisotopic (exact) mass is 296 g/mol. The third kappa shape index (κ3) is 2.18. The predicted molar refractivity (Wildman–Crippen MR) is 71.8 cm³/mol. The van der Waals surface area contributed by atoms with Crippen LogP contribution >= 0.6 is 11.3 Å². The summed E-state index contributed by atoms with van der Waals surface area (Å²) in [5.74, 6) is -0.737. The fourth-order valence-corrected chi connectivity index (χ4v) is 3.24. The predicted octanol–water partition coefficient (Wildman–Crippen LogP) is 1.86. The summed E-state index contributed by atoms with van der Waals surface area (Å²) in [6, 6.07) is 0. The number of nitrogens with zero attached hydrogens (tertiary/aromatic N) is 4. The van der Waals surface area contributed by atoms with Crippen molar-refractivity contribution in [3.8, 4) is 0 Å². The van der Waals surface area contributed by atoms with Gasteiger partial charge in [-0.15, -0.1) is 10.2 Å². The van der Waals surface area contributed by atoms with Crippen LogP contribution in [-0.4, -0.2) is 37.5 Å². The van der Waals surface area contributed by atoms with Crippen molar-refractivity contribution < 1.29 is 14.6 Å². The van der Waals surface area contributed by atoms with Gasteiger partial charge in [0, 0.05) is 12.5 Å². The van der Waals surface area contributed by atoms with E-state index in [2.05, 4.69) is 15.3 Å². The molecule has 1 saturated heterocycles. The van der Waals surface area contributed by atoms with Crippen LogP contribution in [-0.2, 0) is 9.53 Å². The molecule has 3 atom stereocenters. The average molecular weight is 296 g/mol. The second kappa shape index (κ2) is 5.10. The molecule has 0 bridgehead atoms. The summed E-state index contributed by atoms with van der Waals surface area (Å²) in [7, 11) is 0. The van der Waals surface area contributed by atoms with E-state index in [1.807, 2.05) is 6.92 Å². The first-order valence-corrected chi connectivity index (χ1v) is 7.46.